The highest BCUT2D eigenvalue weighted by molar-refractivity contribution is 5.09. The number of nitrogens with one attached hydrogen (secondary N) is 1. The normalized spacial score (nSPS) is 31.5. The van der Waals surface area contributed by atoms with Gasteiger partial charge in [0.15, 0.2) is 0 Å². The van der Waals surface area contributed by atoms with Crippen molar-refractivity contribution in [3.05, 3.63) is 0 Å². The maximum absolute atomic E-state index is 12.5. The lowest BCUT2D eigenvalue weighted by molar-refractivity contribution is -0.169. The molecule has 1 aliphatic carbocycles. The quantitative estimate of drug-likeness (QED) is 0.749. The number of alkyl halides is 3. The molecular formula is C9H14F3NO. The Balaban J connectivity index is 1.90. The van der Waals surface area contributed by atoms with Gasteiger partial charge in [0.05, 0.1) is 6.61 Å². The van der Waals surface area contributed by atoms with E-state index in [1.54, 1.807) is 0 Å². The van der Waals surface area contributed by atoms with E-state index in [2.05, 4.69) is 5.32 Å². The Morgan fingerprint density at radius 2 is 2.00 bits per heavy atom. The molecule has 2 rings (SSSR count). The van der Waals surface area contributed by atoms with Crippen LogP contribution in [-0.2, 0) is 4.74 Å². The molecule has 14 heavy (non-hydrogen) atoms. The van der Waals surface area contributed by atoms with Crippen LogP contribution in [0.2, 0.25) is 0 Å². The minimum atomic E-state index is -4.11. The predicted octanol–water partition coefficient (Wildman–Crippen LogP) is 1.85. The molecule has 0 radical (unpaired) electrons. The van der Waals surface area contributed by atoms with E-state index >= 15 is 0 Å². The molecule has 2 nitrogen and oxygen atoms in total. The number of ether oxygens (including phenoxy) is 1. The summed E-state index contributed by atoms with van der Waals surface area (Å²) in [6.07, 6.45) is -2.03. The maximum atomic E-state index is 12.5. The largest absolute Gasteiger partial charge is 0.406 e. The van der Waals surface area contributed by atoms with E-state index in [4.69, 9.17) is 4.74 Å². The van der Waals surface area contributed by atoms with E-state index in [9.17, 15) is 13.2 Å². The zero-order chi connectivity index (χ0) is 10.2. The fourth-order valence-electron chi connectivity index (χ4n) is 1.88. The molecule has 2 fully saturated rings. The Morgan fingerprint density at radius 3 is 2.43 bits per heavy atom. The zero-order valence-electron chi connectivity index (χ0n) is 7.86. The van der Waals surface area contributed by atoms with Gasteiger partial charge in [-0.15, -0.1) is 0 Å². The summed E-state index contributed by atoms with van der Waals surface area (Å²) >= 11 is 0. The molecule has 5 heteroatoms. The Kier molecular flexibility index (Phi) is 2.47. The predicted molar refractivity (Wildman–Crippen MR) is 45.0 cm³/mol. The molecule has 0 bridgehead atoms. The molecule has 1 atom stereocenters. The minimum absolute atomic E-state index is 0.118. The van der Waals surface area contributed by atoms with Crippen LogP contribution in [0.5, 0.6) is 0 Å². The maximum Gasteiger partial charge on any atom is 0.406 e. The van der Waals surface area contributed by atoms with Gasteiger partial charge in [0.2, 0.25) is 0 Å². The van der Waals surface area contributed by atoms with Crippen LogP contribution in [-0.4, -0.2) is 31.0 Å². The van der Waals surface area contributed by atoms with Crippen molar-refractivity contribution in [2.24, 2.45) is 0 Å². The number of hydrogen-bond acceptors (Lipinski definition) is 2. The molecule has 1 saturated carbocycles. The molecule has 1 saturated heterocycles. The van der Waals surface area contributed by atoms with Crippen LogP contribution in [0.15, 0.2) is 0 Å². The van der Waals surface area contributed by atoms with Gasteiger partial charge in [-0.3, -0.25) is 5.32 Å². The van der Waals surface area contributed by atoms with Crippen LogP contribution in [0.3, 0.4) is 0 Å². The zero-order valence-corrected chi connectivity index (χ0v) is 7.86. The minimum Gasteiger partial charge on any atom is -0.380 e. The van der Waals surface area contributed by atoms with Gasteiger partial charge in [0.1, 0.15) is 5.54 Å². The van der Waals surface area contributed by atoms with Crippen molar-refractivity contribution in [3.8, 4) is 0 Å². The highest BCUT2D eigenvalue weighted by Crippen LogP contribution is 2.49. The second-order valence-electron chi connectivity index (χ2n) is 4.14. The Morgan fingerprint density at radius 1 is 1.29 bits per heavy atom. The van der Waals surface area contributed by atoms with E-state index in [1.807, 2.05) is 0 Å². The van der Waals surface area contributed by atoms with Gasteiger partial charge in [-0.05, 0) is 25.7 Å². The summed E-state index contributed by atoms with van der Waals surface area (Å²) in [5.41, 5.74) is -1.58. The smallest absolute Gasteiger partial charge is 0.380 e. The highest BCUT2D eigenvalue weighted by atomic mass is 19.4. The summed E-state index contributed by atoms with van der Waals surface area (Å²) in [4.78, 5) is 0. The van der Waals surface area contributed by atoms with Crippen LogP contribution in [0.25, 0.3) is 0 Å². The number of halogens is 3. The number of rotatable bonds is 2. The Labute approximate surface area is 80.8 Å². The van der Waals surface area contributed by atoms with Crippen molar-refractivity contribution in [1.29, 1.82) is 0 Å². The van der Waals surface area contributed by atoms with Gasteiger partial charge in [0.25, 0.3) is 0 Å². The van der Waals surface area contributed by atoms with Crippen LogP contribution in [0, 0.1) is 0 Å². The third-order valence-electron chi connectivity index (χ3n) is 2.93. The molecule has 2 aliphatic rings. The third kappa shape index (κ3) is 1.88. The molecule has 0 aromatic rings. The number of hydrogen-bond donors (Lipinski definition) is 1. The van der Waals surface area contributed by atoms with Gasteiger partial charge >= 0.3 is 6.18 Å². The first-order chi connectivity index (χ1) is 6.54. The van der Waals surface area contributed by atoms with Crippen molar-refractivity contribution in [2.75, 3.05) is 13.2 Å². The third-order valence-corrected chi connectivity index (χ3v) is 2.93. The lowest BCUT2D eigenvalue weighted by Gasteiger charge is -2.29. The van der Waals surface area contributed by atoms with Crippen LogP contribution < -0.4 is 5.32 Å². The van der Waals surface area contributed by atoms with Crippen molar-refractivity contribution < 1.29 is 17.9 Å². The van der Waals surface area contributed by atoms with Crippen molar-refractivity contribution >= 4 is 0 Å². The molecule has 0 amide bonds. The molecule has 1 N–H and O–H groups in total. The lowest BCUT2D eigenvalue weighted by Crippen LogP contribution is -2.52. The molecular weight excluding hydrogens is 195 g/mol. The van der Waals surface area contributed by atoms with Crippen molar-refractivity contribution in [1.82, 2.24) is 5.32 Å². The van der Waals surface area contributed by atoms with Crippen LogP contribution >= 0.6 is 0 Å². The van der Waals surface area contributed by atoms with Crippen molar-refractivity contribution in [3.63, 3.8) is 0 Å². The second kappa shape index (κ2) is 3.38. The van der Waals surface area contributed by atoms with E-state index in [-0.39, 0.29) is 18.9 Å². The van der Waals surface area contributed by atoms with Gasteiger partial charge in [-0.25, -0.2) is 0 Å². The van der Waals surface area contributed by atoms with Gasteiger partial charge < -0.3 is 4.74 Å². The topological polar surface area (TPSA) is 21.3 Å². The lowest BCUT2D eigenvalue weighted by atomic mass is 10.1. The van der Waals surface area contributed by atoms with Crippen LogP contribution in [0.4, 0.5) is 13.2 Å². The van der Waals surface area contributed by atoms with E-state index in [0.29, 0.717) is 13.2 Å². The second-order valence-corrected chi connectivity index (χ2v) is 4.14. The monoisotopic (exact) mass is 209 g/mol. The first-order valence-corrected chi connectivity index (χ1v) is 4.96. The van der Waals surface area contributed by atoms with E-state index in [0.717, 1.165) is 12.8 Å². The van der Waals surface area contributed by atoms with Crippen LogP contribution in [0.1, 0.15) is 25.7 Å². The Bertz CT molecular complexity index is 207. The Hall–Kier alpha value is -0.290. The summed E-state index contributed by atoms with van der Waals surface area (Å²) in [5, 5.41) is 2.70. The van der Waals surface area contributed by atoms with Gasteiger partial charge in [0, 0.05) is 12.6 Å². The molecule has 1 unspecified atom stereocenters. The van der Waals surface area contributed by atoms with Gasteiger partial charge in [-0.2, -0.15) is 13.2 Å². The van der Waals surface area contributed by atoms with E-state index < -0.39 is 11.7 Å². The summed E-state index contributed by atoms with van der Waals surface area (Å²) < 4.78 is 42.8. The molecule has 0 spiro atoms. The summed E-state index contributed by atoms with van der Waals surface area (Å²) in [6, 6.07) is -0.118. The molecule has 0 aromatic carbocycles. The first-order valence-electron chi connectivity index (χ1n) is 4.96. The average molecular weight is 209 g/mol. The molecule has 82 valence electrons. The molecule has 1 aliphatic heterocycles. The van der Waals surface area contributed by atoms with E-state index in [1.165, 1.54) is 0 Å². The first kappa shape index (κ1) is 10.2. The molecule has 1 heterocycles. The van der Waals surface area contributed by atoms with Gasteiger partial charge in [-0.1, -0.05) is 0 Å². The highest BCUT2D eigenvalue weighted by Gasteiger charge is 2.63. The fraction of sp³-hybridized carbons (Fsp3) is 1.00. The van der Waals surface area contributed by atoms with Crippen molar-refractivity contribution in [2.45, 2.75) is 43.4 Å². The SMILES string of the molecule is FC(F)(F)C1(NC2CCCOC2)CC1. The fourth-order valence-corrected chi connectivity index (χ4v) is 1.88. The summed E-state index contributed by atoms with van der Waals surface area (Å²) in [6.45, 7) is 1.09. The average Bonchev–Trinajstić information content (AvgIpc) is 2.86. The summed E-state index contributed by atoms with van der Waals surface area (Å²) in [5.74, 6) is 0. The summed E-state index contributed by atoms with van der Waals surface area (Å²) in [7, 11) is 0. The molecule has 0 aromatic heterocycles. The standard InChI is InChI=1S/C9H14F3NO/c10-9(11,12)8(3-4-8)13-7-2-1-5-14-6-7/h7,13H,1-6H2.